The van der Waals surface area contributed by atoms with E-state index >= 15 is 0 Å². The van der Waals surface area contributed by atoms with Gasteiger partial charge in [0, 0.05) is 9.80 Å². The molecule has 0 bridgehead atoms. The first kappa shape index (κ1) is 14.6. The van der Waals surface area contributed by atoms with Crippen molar-refractivity contribution in [3.05, 3.63) is 63.1 Å². The maximum Gasteiger partial charge on any atom is 0.125 e. The fourth-order valence-corrected chi connectivity index (χ4v) is 2.67. The molecule has 0 saturated carbocycles. The molecule has 19 heavy (non-hydrogen) atoms. The molecule has 2 aromatic carbocycles. The van der Waals surface area contributed by atoms with Crippen LogP contribution in [0.2, 0.25) is 0 Å². The van der Waals surface area contributed by atoms with E-state index in [-0.39, 0.29) is 0 Å². The quantitative estimate of drug-likeness (QED) is 0.629. The van der Waals surface area contributed by atoms with E-state index in [4.69, 9.17) is 4.74 Å². The molecule has 0 unspecified atom stereocenters. The maximum absolute atomic E-state index is 5.96. The molecule has 0 aliphatic rings. The molecular weight excluding hydrogens is 368 g/mol. The lowest BCUT2D eigenvalue weighted by atomic mass is 10.1. The van der Waals surface area contributed by atoms with E-state index < -0.39 is 0 Å². The molecule has 2 aromatic rings. The molecule has 0 atom stereocenters. The van der Waals surface area contributed by atoms with Crippen molar-refractivity contribution in [3.63, 3.8) is 0 Å². The Bertz CT molecular complexity index is 538. The van der Waals surface area contributed by atoms with Crippen LogP contribution in [-0.4, -0.2) is 0 Å². The van der Waals surface area contributed by atoms with E-state index in [1.54, 1.807) is 0 Å². The lowest BCUT2D eigenvalue weighted by molar-refractivity contribution is 0.302. The lowest BCUT2D eigenvalue weighted by Crippen LogP contribution is -1.99. The first-order chi connectivity index (χ1) is 9.10. The summed E-state index contributed by atoms with van der Waals surface area (Å²) in [5, 5.41) is 0.877. The summed E-state index contributed by atoms with van der Waals surface area (Å²) in [6.07, 6.45) is 0. The van der Waals surface area contributed by atoms with Gasteiger partial charge >= 0.3 is 0 Å². The summed E-state index contributed by atoms with van der Waals surface area (Å²) in [4.78, 5) is 0. The largest absolute Gasteiger partial charge is 0.488 e. The van der Waals surface area contributed by atoms with E-state index in [9.17, 15) is 0 Å². The van der Waals surface area contributed by atoms with Gasteiger partial charge in [0.2, 0.25) is 0 Å². The van der Waals surface area contributed by atoms with Gasteiger partial charge in [-0.2, -0.15) is 0 Å². The number of halogens is 2. The Morgan fingerprint density at radius 3 is 2.05 bits per heavy atom. The molecule has 1 nitrogen and oxygen atoms in total. The third kappa shape index (κ3) is 3.83. The SMILES string of the molecule is Cc1cc(CBr)cc(C)c1OCc1ccc(Br)cc1. The Kier molecular flexibility index (Phi) is 5.06. The van der Waals surface area contributed by atoms with Gasteiger partial charge in [0.05, 0.1) is 0 Å². The van der Waals surface area contributed by atoms with Gasteiger partial charge in [-0.3, -0.25) is 0 Å². The summed E-state index contributed by atoms with van der Waals surface area (Å²) in [5.74, 6) is 0.993. The van der Waals surface area contributed by atoms with E-state index in [2.05, 4.69) is 70.0 Å². The van der Waals surface area contributed by atoms with Crippen LogP contribution in [0.3, 0.4) is 0 Å². The third-order valence-electron chi connectivity index (χ3n) is 2.97. The first-order valence-corrected chi connectivity index (χ1v) is 8.05. The van der Waals surface area contributed by atoms with Gasteiger partial charge in [0.25, 0.3) is 0 Å². The molecule has 0 aliphatic carbocycles. The van der Waals surface area contributed by atoms with Crippen molar-refractivity contribution in [2.45, 2.75) is 25.8 Å². The van der Waals surface area contributed by atoms with Crippen LogP contribution >= 0.6 is 31.9 Å². The number of benzene rings is 2. The highest BCUT2D eigenvalue weighted by Gasteiger charge is 2.06. The zero-order chi connectivity index (χ0) is 13.8. The Labute approximate surface area is 131 Å². The van der Waals surface area contributed by atoms with E-state index in [1.165, 1.54) is 22.3 Å². The fourth-order valence-electron chi connectivity index (χ4n) is 2.08. The standard InChI is InChI=1S/C16H16Br2O/c1-11-7-14(9-17)8-12(2)16(11)19-10-13-3-5-15(18)6-4-13/h3-8H,9-10H2,1-2H3. The van der Waals surface area contributed by atoms with Crippen LogP contribution in [0.15, 0.2) is 40.9 Å². The number of ether oxygens (including phenoxy) is 1. The highest BCUT2D eigenvalue weighted by molar-refractivity contribution is 9.10. The van der Waals surface area contributed by atoms with Crippen molar-refractivity contribution < 1.29 is 4.74 Å². The van der Waals surface area contributed by atoms with Gasteiger partial charge in [0.1, 0.15) is 12.4 Å². The van der Waals surface area contributed by atoms with E-state index in [1.807, 2.05) is 12.1 Å². The molecule has 2 rings (SSSR count). The third-order valence-corrected chi connectivity index (χ3v) is 4.15. The molecule has 0 radical (unpaired) electrons. The Morgan fingerprint density at radius 1 is 0.947 bits per heavy atom. The van der Waals surface area contributed by atoms with Gasteiger partial charge in [-0.15, -0.1) is 0 Å². The Morgan fingerprint density at radius 2 is 1.53 bits per heavy atom. The van der Waals surface area contributed by atoms with Gasteiger partial charge in [-0.25, -0.2) is 0 Å². The number of hydrogen-bond acceptors (Lipinski definition) is 1. The summed E-state index contributed by atoms with van der Waals surface area (Å²) >= 11 is 6.92. The minimum absolute atomic E-state index is 0.600. The van der Waals surface area contributed by atoms with Crippen LogP contribution < -0.4 is 4.74 Å². The number of hydrogen-bond donors (Lipinski definition) is 0. The molecule has 0 amide bonds. The predicted molar refractivity (Wildman–Crippen MR) is 87.0 cm³/mol. The van der Waals surface area contributed by atoms with Crippen LogP contribution in [0, 0.1) is 13.8 Å². The molecule has 0 fully saturated rings. The van der Waals surface area contributed by atoms with E-state index in [0.29, 0.717) is 6.61 Å². The first-order valence-electron chi connectivity index (χ1n) is 6.13. The average Bonchev–Trinajstić information content (AvgIpc) is 2.39. The normalized spacial score (nSPS) is 10.5. The van der Waals surface area contributed by atoms with Gasteiger partial charge in [-0.05, 0) is 48.2 Å². The number of rotatable bonds is 4. The van der Waals surface area contributed by atoms with Crippen LogP contribution in [0.1, 0.15) is 22.3 Å². The van der Waals surface area contributed by atoms with Crippen LogP contribution in [0.25, 0.3) is 0 Å². The Balaban J connectivity index is 2.13. The summed E-state index contributed by atoms with van der Waals surface area (Å²) in [7, 11) is 0. The lowest BCUT2D eigenvalue weighted by Gasteiger charge is -2.13. The van der Waals surface area contributed by atoms with Gasteiger partial charge < -0.3 is 4.74 Å². The molecule has 0 N–H and O–H groups in total. The minimum Gasteiger partial charge on any atom is -0.488 e. The van der Waals surface area contributed by atoms with Crippen molar-refractivity contribution in [2.24, 2.45) is 0 Å². The Hall–Kier alpha value is -0.800. The van der Waals surface area contributed by atoms with Gasteiger partial charge in [0.15, 0.2) is 0 Å². The molecule has 100 valence electrons. The van der Waals surface area contributed by atoms with Crippen molar-refractivity contribution in [3.8, 4) is 5.75 Å². The zero-order valence-electron chi connectivity index (χ0n) is 11.0. The molecule has 0 heterocycles. The fraction of sp³-hybridized carbons (Fsp3) is 0.250. The molecule has 0 aliphatic heterocycles. The second-order valence-electron chi connectivity index (χ2n) is 4.61. The highest BCUT2D eigenvalue weighted by atomic mass is 79.9. The maximum atomic E-state index is 5.96. The minimum atomic E-state index is 0.600. The van der Waals surface area contributed by atoms with Crippen LogP contribution in [0.4, 0.5) is 0 Å². The summed E-state index contributed by atoms with van der Waals surface area (Å²) < 4.78 is 7.05. The van der Waals surface area contributed by atoms with Crippen LogP contribution in [-0.2, 0) is 11.9 Å². The highest BCUT2D eigenvalue weighted by Crippen LogP contribution is 2.26. The second kappa shape index (κ2) is 6.58. The average molecular weight is 384 g/mol. The second-order valence-corrected chi connectivity index (χ2v) is 6.08. The summed E-state index contributed by atoms with van der Waals surface area (Å²) in [5.41, 5.74) is 4.83. The van der Waals surface area contributed by atoms with Crippen molar-refractivity contribution in [1.29, 1.82) is 0 Å². The number of alkyl halides is 1. The summed E-state index contributed by atoms with van der Waals surface area (Å²) in [6.45, 7) is 4.79. The predicted octanol–water partition coefficient (Wildman–Crippen LogP) is 5.54. The van der Waals surface area contributed by atoms with Gasteiger partial charge in [-0.1, -0.05) is 56.1 Å². The number of aryl methyl sites for hydroxylation is 2. The smallest absolute Gasteiger partial charge is 0.125 e. The molecule has 0 aromatic heterocycles. The van der Waals surface area contributed by atoms with Crippen molar-refractivity contribution >= 4 is 31.9 Å². The topological polar surface area (TPSA) is 9.23 Å². The van der Waals surface area contributed by atoms with E-state index in [0.717, 1.165) is 15.6 Å². The van der Waals surface area contributed by atoms with Crippen molar-refractivity contribution in [2.75, 3.05) is 0 Å². The summed E-state index contributed by atoms with van der Waals surface area (Å²) in [6, 6.07) is 12.5. The molecule has 0 spiro atoms. The monoisotopic (exact) mass is 382 g/mol. The van der Waals surface area contributed by atoms with Crippen molar-refractivity contribution in [1.82, 2.24) is 0 Å². The molecule has 3 heteroatoms. The molecular formula is C16H16Br2O. The van der Waals surface area contributed by atoms with Crippen LogP contribution in [0.5, 0.6) is 5.75 Å². The zero-order valence-corrected chi connectivity index (χ0v) is 14.2. The molecule has 0 saturated heterocycles.